The Labute approximate surface area is 220 Å². The summed E-state index contributed by atoms with van der Waals surface area (Å²) >= 11 is 17.4. The van der Waals surface area contributed by atoms with Crippen LogP contribution in [0, 0.1) is 0 Å². The predicted molar refractivity (Wildman–Crippen MR) is 112 cm³/mol. The van der Waals surface area contributed by atoms with E-state index in [9.17, 15) is 52.7 Å². The first-order chi connectivity index (χ1) is 17.1. The SMILES string of the molecule is O=C(NS(=O)(=O)c1cc(C(F)(F)F)ccc1C(F)(F)F)c1nnn(-c2c(Cl)cc(Cl)cc2Cl)c1C(F)(F)F. The van der Waals surface area contributed by atoms with Crippen molar-refractivity contribution in [1.29, 1.82) is 0 Å². The summed E-state index contributed by atoms with van der Waals surface area (Å²) in [6, 6.07) is 1.14. The molecule has 3 rings (SSSR count). The van der Waals surface area contributed by atoms with E-state index in [1.54, 1.807) is 0 Å². The minimum atomic E-state index is -5.88. The maximum Gasteiger partial charge on any atom is 0.435 e. The summed E-state index contributed by atoms with van der Waals surface area (Å²) < 4.78 is 146. The number of benzene rings is 2. The van der Waals surface area contributed by atoms with E-state index in [1.165, 1.54) is 0 Å². The normalized spacial score (nSPS) is 13.1. The highest BCUT2D eigenvalue weighted by Crippen LogP contribution is 2.40. The molecule has 3 aromatic rings. The summed E-state index contributed by atoms with van der Waals surface area (Å²) in [5, 5.41) is 4.83. The van der Waals surface area contributed by atoms with Gasteiger partial charge in [-0.1, -0.05) is 40.0 Å². The van der Waals surface area contributed by atoms with E-state index < -0.39 is 83.7 Å². The molecular formula is C18H6Cl3F9N4O3S. The lowest BCUT2D eigenvalue weighted by atomic mass is 10.1. The lowest BCUT2D eigenvalue weighted by Gasteiger charge is -2.16. The van der Waals surface area contributed by atoms with E-state index in [1.807, 2.05) is 0 Å². The van der Waals surface area contributed by atoms with E-state index in [0.717, 1.165) is 16.9 Å². The Morgan fingerprint density at radius 3 is 1.87 bits per heavy atom. The zero-order chi connectivity index (χ0) is 29.0. The molecule has 0 saturated carbocycles. The number of aromatic nitrogens is 3. The quantitative estimate of drug-likeness (QED) is 0.335. The fraction of sp³-hybridized carbons (Fsp3) is 0.167. The summed E-state index contributed by atoms with van der Waals surface area (Å²) in [5.41, 5.74) is -8.56. The largest absolute Gasteiger partial charge is 0.435 e. The van der Waals surface area contributed by atoms with Crippen molar-refractivity contribution in [3.63, 3.8) is 0 Å². The highest BCUT2D eigenvalue weighted by molar-refractivity contribution is 7.90. The molecule has 0 fully saturated rings. The number of amides is 1. The number of alkyl halides is 9. The topological polar surface area (TPSA) is 93.9 Å². The third kappa shape index (κ3) is 5.94. The van der Waals surface area contributed by atoms with E-state index in [4.69, 9.17) is 34.8 Å². The molecule has 0 aliphatic carbocycles. The number of sulfonamides is 1. The average Bonchev–Trinajstić information content (AvgIpc) is 3.16. The fourth-order valence-corrected chi connectivity index (χ4v) is 5.15. The molecule has 206 valence electrons. The van der Waals surface area contributed by atoms with Gasteiger partial charge in [0.15, 0.2) is 11.4 Å². The monoisotopic (exact) mass is 634 g/mol. The molecule has 0 spiro atoms. The Morgan fingerprint density at radius 1 is 0.842 bits per heavy atom. The second-order valence-corrected chi connectivity index (χ2v) is 9.96. The van der Waals surface area contributed by atoms with Crippen LogP contribution in [0.25, 0.3) is 5.69 Å². The van der Waals surface area contributed by atoms with Gasteiger partial charge < -0.3 is 0 Å². The van der Waals surface area contributed by atoms with Gasteiger partial charge in [0.2, 0.25) is 0 Å². The van der Waals surface area contributed by atoms with Crippen LogP contribution in [0.5, 0.6) is 0 Å². The van der Waals surface area contributed by atoms with Crippen molar-refractivity contribution in [2.24, 2.45) is 0 Å². The molecule has 2 aromatic carbocycles. The number of nitrogens with zero attached hydrogens (tertiary/aromatic N) is 3. The van der Waals surface area contributed by atoms with Crippen molar-refractivity contribution in [3.8, 4) is 5.69 Å². The molecule has 1 aromatic heterocycles. The van der Waals surface area contributed by atoms with Gasteiger partial charge in [-0.05, 0) is 30.3 Å². The number of hydrogen-bond acceptors (Lipinski definition) is 5. The van der Waals surface area contributed by atoms with Crippen molar-refractivity contribution < 1.29 is 52.7 Å². The van der Waals surface area contributed by atoms with Crippen LogP contribution < -0.4 is 4.72 Å². The molecule has 7 nitrogen and oxygen atoms in total. The second-order valence-electron chi connectivity index (χ2n) is 7.06. The van der Waals surface area contributed by atoms with E-state index >= 15 is 0 Å². The Balaban J connectivity index is 2.16. The zero-order valence-corrected chi connectivity index (χ0v) is 20.5. The second kappa shape index (κ2) is 9.77. The fourth-order valence-electron chi connectivity index (χ4n) is 2.96. The molecule has 0 saturated heterocycles. The summed E-state index contributed by atoms with van der Waals surface area (Å²) in [4.78, 5) is 10.4. The van der Waals surface area contributed by atoms with Gasteiger partial charge in [-0.3, -0.25) is 4.79 Å². The van der Waals surface area contributed by atoms with Crippen LogP contribution in [0.15, 0.2) is 35.2 Å². The smallest absolute Gasteiger partial charge is 0.266 e. The minimum absolute atomic E-state index is 0.0728. The molecule has 0 bridgehead atoms. The molecule has 0 unspecified atom stereocenters. The van der Waals surface area contributed by atoms with Gasteiger partial charge in [-0.15, -0.1) is 5.10 Å². The molecule has 0 aliphatic rings. The van der Waals surface area contributed by atoms with Crippen LogP contribution in [0.3, 0.4) is 0 Å². The molecule has 20 heteroatoms. The predicted octanol–water partition coefficient (Wildman–Crippen LogP) is 6.40. The highest BCUT2D eigenvalue weighted by Gasteiger charge is 2.45. The van der Waals surface area contributed by atoms with Gasteiger partial charge in [0.05, 0.1) is 21.2 Å². The summed E-state index contributed by atoms with van der Waals surface area (Å²) in [5.74, 6) is -2.28. The molecule has 0 atom stereocenters. The minimum Gasteiger partial charge on any atom is -0.266 e. The van der Waals surface area contributed by atoms with Crippen molar-refractivity contribution in [1.82, 2.24) is 19.7 Å². The molecule has 1 N–H and O–H groups in total. The highest BCUT2D eigenvalue weighted by atomic mass is 35.5. The van der Waals surface area contributed by atoms with E-state index in [2.05, 4.69) is 10.3 Å². The van der Waals surface area contributed by atoms with Crippen molar-refractivity contribution >= 4 is 50.7 Å². The standard InChI is InChI=1S/C18H6Cl3F9N4O3S/c19-7-4-9(20)13(10(21)5-7)34-14(18(28,29)30)12(31-33-34)15(35)32-38(36,37)11-3-6(16(22,23)24)1-2-8(11)17(25,26)27/h1-5H,(H,32,35). The average molecular weight is 636 g/mol. The van der Waals surface area contributed by atoms with Crippen LogP contribution in [-0.4, -0.2) is 29.3 Å². The Morgan fingerprint density at radius 2 is 1.39 bits per heavy atom. The number of nitrogens with one attached hydrogen (secondary N) is 1. The number of rotatable bonds is 4. The van der Waals surface area contributed by atoms with Gasteiger partial charge in [-0.2, -0.15) is 39.5 Å². The first-order valence-corrected chi connectivity index (χ1v) is 11.8. The summed E-state index contributed by atoms with van der Waals surface area (Å²) in [6.45, 7) is 0. The van der Waals surface area contributed by atoms with Crippen LogP contribution in [-0.2, 0) is 28.6 Å². The van der Waals surface area contributed by atoms with E-state index in [-0.39, 0.29) is 21.8 Å². The maximum absolute atomic E-state index is 13.9. The molecule has 1 amide bonds. The van der Waals surface area contributed by atoms with E-state index in [0.29, 0.717) is 0 Å². The summed E-state index contributed by atoms with van der Waals surface area (Å²) in [7, 11) is -5.88. The lowest BCUT2D eigenvalue weighted by Crippen LogP contribution is -2.34. The zero-order valence-electron chi connectivity index (χ0n) is 17.4. The Kier molecular flexibility index (Phi) is 7.66. The number of halogens is 12. The molecular weight excluding hydrogens is 630 g/mol. The van der Waals surface area contributed by atoms with Gasteiger partial charge in [0.1, 0.15) is 10.6 Å². The molecule has 38 heavy (non-hydrogen) atoms. The maximum atomic E-state index is 13.9. The first-order valence-electron chi connectivity index (χ1n) is 9.18. The third-order valence-electron chi connectivity index (χ3n) is 4.48. The Hall–Kier alpha value is -2.76. The van der Waals surface area contributed by atoms with Crippen LogP contribution >= 0.6 is 34.8 Å². The van der Waals surface area contributed by atoms with Crippen molar-refractivity contribution in [3.05, 3.63) is 67.9 Å². The van der Waals surface area contributed by atoms with Crippen molar-refractivity contribution in [2.75, 3.05) is 0 Å². The molecule has 0 radical (unpaired) electrons. The van der Waals surface area contributed by atoms with Crippen LogP contribution in [0.1, 0.15) is 27.3 Å². The molecule has 1 heterocycles. The molecule has 0 aliphatic heterocycles. The van der Waals surface area contributed by atoms with Gasteiger partial charge in [0, 0.05) is 5.02 Å². The van der Waals surface area contributed by atoms with Gasteiger partial charge in [-0.25, -0.2) is 17.8 Å². The number of carbonyl (C=O) groups is 1. The number of carbonyl (C=O) groups excluding carboxylic acids is 1. The third-order valence-corrected chi connectivity index (χ3v) is 6.64. The van der Waals surface area contributed by atoms with Crippen molar-refractivity contribution in [2.45, 2.75) is 23.4 Å². The lowest BCUT2D eigenvalue weighted by molar-refractivity contribution is -0.143. The van der Waals surface area contributed by atoms with Crippen LogP contribution in [0.2, 0.25) is 15.1 Å². The summed E-state index contributed by atoms with van der Waals surface area (Å²) in [6.07, 6.45) is -16.4. The number of hydrogen-bond donors (Lipinski definition) is 1. The van der Waals surface area contributed by atoms with Crippen LogP contribution in [0.4, 0.5) is 39.5 Å². The Bertz CT molecular complexity index is 1510. The van der Waals surface area contributed by atoms with Gasteiger partial charge in [0.25, 0.3) is 15.9 Å². The van der Waals surface area contributed by atoms with Gasteiger partial charge >= 0.3 is 18.5 Å². The first kappa shape index (κ1) is 29.8.